The fourth-order valence-corrected chi connectivity index (χ4v) is 1.90. The van der Waals surface area contributed by atoms with E-state index in [1.54, 1.807) is 19.2 Å². The number of alkyl halides is 1. The Morgan fingerprint density at radius 3 is 2.88 bits per heavy atom. The van der Waals surface area contributed by atoms with E-state index < -0.39 is 0 Å². The molecule has 0 atom stereocenters. The molecule has 0 aliphatic heterocycles. The second-order valence-corrected chi connectivity index (χ2v) is 4.79. The quantitative estimate of drug-likeness (QED) is 0.645. The zero-order valence-corrected chi connectivity index (χ0v) is 12.0. The van der Waals surface area contributed by atoms with Crippen LogP contribution in [0.25, 0.3) is 0 Å². The maximum absolute atomic E-state index is 11.9. The lowest BCUT2D eigenvalue weighted by Crippen LogP contribution is -2.24. The van der Waals surface area contributed by atoms with E-state index in [2.05, 4.69) is 21.2 Å². The van der Waals surface area contributed by atoms with Gasteiger partial charge in [0.2, 0.25) is 0 Å². The number of unbranched alkanes of at least 4 members (excludes halogenated alkanes) is 1. The Morgan fingerprint density at radius 2 is 2.24 bits per heavy atom. The maximum Gasteiger partial charge on any atom is 0.255 e. The number of hydrogen-bond acceptors (Lipinski definition) is 2. The van der Waals surface area contributed by atoms with Crippen LogP contribution in [-0.2, 0) is 0 Å². The third kappa shape index (κ3) is 4.56. The van der Waals surface area contributed by atoms with Crippen molar-refractivity contribution in [2.75, 3.05) is 19.5 Å². The Morgan fingerprint density at radius 1 is 1.47 bits per heavy atom. The van der Waals surface area contributed by atoms with Crippen LogP contribution in [0.2, 0.25) is 0 Å². The molecule has 0 aliphatic carbocycles. The maximum atomic E-state index is 11.9. The molecule has 0 heterocycles. The summed E-state index contributed by atoms with van der Waals surface area (Å²) >= 11 is 8.89. The van der Waals surface area contributed by atoms with E-state index in [0.29, 0.717) is 23.7 Å². The number of hydrogen-bond donors (Lipinski definition) is 1. The zero-order valence-electron chi connectivity index (χ0n) is 9.63. The average Bonchev–Trinajstić information content (AvgIpc) is 2.34. The molecule has 3 nitrogen and oxygen atoms in total. The molecule has 0 fully saturated rings. The zero-order chi connectivity index (χ0) is 12.7. The van der Waals surface area contributed by atoms with Crippen molar-refractivity contribution < 1.29 is 9.53 Å². The minimum absolute atomic E-state index is 0.121. The highest BCUT2D eigenvalue weighted by Gasteiger charge is 2.11. The Bertz CT molecular complexity index is 385. The van der Waals surface area contributed by atoms with E-state index in [-0.39, 0.29) is 5.91 Å². The molecule has 1 aromatic rings. The third-order valence-corrected chi connectivity index (χ3v) is 3.01. The molecule has 1 rings (SSSR count). The summed E-state index contributed by atoms with van der Waals surface area (Å²) in [5, 5.41) is 2.84. The van der Waals surface area contributed by atoms with Gasteiger partial charge in [-0.25, -0.2) is 0 Å². The first-order valence-electron chi connectivity index (χ1n) is 5.36. The summed E-state index contributed by atoms with van der Waals surface area (Å²) in [5.41, 5.74) is 0.543. The number of amides is 1. The molecule has 0 aromatic heterocycles. The summed E-state index contributed by atoms with van der Waals surface area (Å²) in [4.78, 5) is 11.9. The van der Waals surface area contributed by atoms with Crippen molar-refractivity contribution in [1.29, 1.82) is 0 Å². The van der Waals surface area contributed by atoms with Gasteiger partial charge >= 0.3 is 0 Å². The Kier molecular flexibility index (Phi) is 6.37. The molecular weight excluding hydrogens is 305 g/mol. The number of benzene rings is 1. The van der Waals surface area contributed by atoms with Gasteiger partial charge in [0.05, 0.1) is 12.7 Å². The molecular formula is C12H15BrClNO2. The summed E-state index contributed by atoms with van der Waals surface area (Å²) in [6, 6.07) is 5.32. The molecule has 17 heavy (non-hydrogen) atoms. The normalized spacial score (nSPS) is 10.1. The predicted molar refractivity (Wildman–Crippen MR) is 73.0 cm³/mol. The van der Waals surface area contributed by atoms with E-state index in [9.17, 15) is 4.79 Å². The van der Waals surface area contributed by atoms with Gasteiger partial charge in [-0.2, -0.15) is 0 Å². The molecule has 0 bridgehead atoms. The molecule has 1 N–H and O–H groups in total. The van der Waals surface area contributed by atoms with Crippen molar-refractivity contribution in [3.63, 3.8) is 0 Å². The number of halogens is 2. The summed E-state index contributed by atoms with van der Waals surface area (Å²) in [6.07, 6.45) is 1.79. The highest BCUT2D eigenvalue weighted by Crippen LogP contribution is 2.23. The van der Waals surface area contributed by atoms with Crippen molar-refractivity contribution in [3.05, 3.63) is 28.2 Å². The second kappa shape index (κ2) is 7.56. The van der Waals surface area contributed by atoms with Crippen LogP contribution >= 0.6 is 27.5 Å². The number of ether oxygens (including phenoxy) is 1. The van der Waals surface area contributed by atoms with E-state index in [4.69, 9.17) is 16.3 Å². The van der Waals surface area contributed by atoms with Crippen molar-refractivity contribution in [3.8, 4) is 5.75 Å². The first kappa shape index (κ1) is 14.3. The summed E-state index contributed by atoms with van der Waals surface area (Å²) in [5.74, 6) is 1.07. The van der Waals surface area contributed by atoms with Crippen LogP contribution in [0.5, 0.6) is 5.75 Å². The average molecular weight is 321 g/mol. The fourth-order valence-electron chi connectivity index (χ4n) is 1.37. The number of carbonyl (C=O) groups excluding carboxylic acids is 1. The van der Waals surface area contributed by atoms with E-state index in [0.717, 1.165) is 17.3 Å². The smallest absolute Gasteiger partial charge is 0.255 e. The van der Waals surface area contributed by atoms with Crippen LogP contribution in [-0.4, -0.2) is 25.4 Å². The predicted octanol–water partition coefficient (Wildman–Crippen LogP) is 3.21. The molecule has 0 spiro atoms. The van der Waals surface area contributed by atoms with Crippen LogP contribution in [0.1, 0.15) is 23.2 Å². The Labute approximate surface area is 115 Å². The van der Waals surface area contributed by atoms with Gasteiger partial charge in [0.15, 0.2) is 0 Å². The SMILES string of the molecule is COc1cc(Br)ccc1C(=O)NCCCCCl. The highest BCUT2D eigenvalue weighted by molar-refractivity contribution is 9.10. The molecule has 0 saturated carbocycles. The largest absolute Gasteiger partial charge is 0.496 e. The van der Waals surface area contributed by atoms with E-state index >= 15 is 0 Å². The number of rotatable bonds is 6. The summed E-state index contributed by atoms with van der Waals surface area (Å²) in [6.45, 7) is 0.630. The molecule has 0 aliphatic rings. The molecule has 1 amide bonds. The molecule has 1 aromatic carbocycles. The topological polar surface area (TPSA) is 38.3 Å². The lowest BCUT2D eigenvalue weighted by atomic mass is 10.2. The molecule has 0 saturated heterocycles. The standard InChI is InChI=1S/C12H15BrClNO2/c1-17-11-8-9(13)4-5-10(11)12(16)15-7-3-2-6-14/h4-5,8H,2-3,6-7H2,1H3,(H,15,16). The van der Waals surface area contributed by atoms with Gasteiger partial charge in [-0.15, -0.1) is 11.6 Å². The lowest BCUT2D eigenvalue weighted by molar-refractivity contribution is 0.0950. The van der Waals surface area contributed by atoms with Crippen LogP contribution in [0.3, 0.4) is 0 Å². The van der Waals surface area contributed by atoms with E-state index in [1.165, 1.54) is 0 Å². The molecule has 0 radical (unpaired) electrons. The van der Waals surface area contributed by atoms with Crippen LogP contribution < -0.4 is 10.1 Å². The van der Waals surface area contributed by atoms with Crippen molar-refractivity contribution in [2.24, 2.45) is 0 Å². The van der Waals surface area contributed by atoms with Gasteiger partial charge in [-0.05, 0) is 31.0 Å². The van der Waals surface area contributed by atoms with Gasteiger partial charge < -0.3 is 10.1 Å². The number of nitrogens with one attached hydrogen (secondary N) is 1. The van der Waals surface area contributed by atoms with Crippen LogP contribution in [0.4, 0.5) is 0 Å². The first-order valence-corrected chi connectivity index (χ1v) is 6.69. The van der Waals surface area contributed by atoms with Gasteiger partial charge in [-0.1, -0.05) is 15.9 Å². The molecule has 0 unspecified atom stereocenters. The minimum atomic E-state index is -0.121. The summed E-state index contributed by atoms with van der Waals surface area (Å²) < 4.78 is 6.05. The first-order chi connectivity index (χ1) is 8.19. The third-order valence-electron chi connectivity index (χ3n) is 2.25. The lowest BCUT2D eigenvalue weighted by Gasteiger charge is -2.09. The second-order valence-electron chi connectivity index (χ2n) is 3.50. The Balaban J connectivity index is 2.62. The van der Waals surface area contributed by atoms with Gasteiger partial charge in [0.25, 0.3) is 5.91 Å². The van der Waals surface area contributed by atoms with Gasteiger partial charge in [-0.3, -0.25) is 4.79 Å². The van der Waals surface area contributed by atoms with Crippen LogP contribution in [0, 0.1) is 0 Å². The number of methoxy groups -OCH3 is 1. The summed E-state index contributed by atoms with van der Waals surface area (Å²) in [7, 11) is 1.55. The fraction of sp³-hybridized carbons (Fsp3) is 0.417. The van der Waals surface area contributed by atoms with Crippen molar-refractivity contribution in [2.45, 2.75) is 12.8 Å². The molecule has 94 valence electrons. The van der Waals surface area contributed by atoms with E-state index in [1.807, 2.05) is 6.07 Å². The van der Waals surface area contributed by atoms with Gasteiger partial charge in [0.1, 0.15) is 5.75 Å². The molecule has 5 heteroatoms. The van der Waals surface area contributed by atoms with Crippen LogP contribution in [0.15, 0.2) is 22.7 Å². The van der Waals surface area contributed by atoms with Crippen molar-refractivity contribution in [1.82, 2.24) is 5.32 Å². The van der Waals surface area contributed by atoms with Gasteiger partial charge in [0, 0.05) is 16.9 Å². The highest BCUT2D eigenvalue weighted by atomic mass is 79.9. The monoisotopic (exact) mass is 319 g/mol. The van der Waals surface area contributed by atoms with Crippen molar-refractivity contribution >= 4 is 33.4 Å². The minimum Gasteiger partial charge on any atom is -0.496 e. The Hall–Kier alpha value is -0.740. The number of carbonyl (C=O) groups is 1.